The molecular weight excluding hydrogens is 288 g/mol. The van der Waals surface area contributed by atoms with Crippen molar-refractivity contribution in [1.82, 2.24) is 9.80 Å². The number of furan rings is 1. The Morgan fingerprint density at radius 3 is 2.91 bits per heavy atom. The summed E-state index contributed by atoms with van der Waals surface area (Å²) >= 11 is 0. The lowest BCUT2D eigenvalue weighted by Gasteiger charge is -2.24. The third kappa shape index (κ3) is 2.70. The van der Waals surface area contributed by atoms with E-state index in [4.69, 9.17) is 9.52 Å². The Kier molecular flexibility index (Phi) is 3.87. The first-order chi connectivity index (χ1) is 10.6. The average molecular weight is 306 g/mol. The van der Waals surface area contributed by atoms with Gasteiger partial charge in [-0.25, -0.2) is 4.79 Å². The summed E-state index contributed by atoms with van der Waals surface area (Å²) < 4.78 is 5.22. The van der Waals surface area contributed by atoms with Gasteiger partial charge in [-0.2, -0.15) is 0 Å². The van der Waals surface area contributed by atoms with Crippen LogP contribution < -0.4 is 0 Å². The van der Waals surface area contributed by atoms with E-state index in [-0.39, 0.29) is 18.2 Å². The maximum absolute atomic E-state index is 12.5. The van der Waals surface area contributed by atoms with Crippen molar-refractivity contribution >= 4 is 17.8 Å². The number of nitrogens with zero attached hydrogens (tertiary/aromatic N) is 2. The van der Waals surface area contributed by atoms with Crippen LogP contribution in [0.4, 0.5) is 0 Å². The van der Waals surface area contributed by atoms with Gasteiger partial charge in [0.2, 0.25) is 11.8 Å². The lowest BCUT2D eigenvalue weighted by atomic mass is 10.1. The molecule has 3 rings (SSSR count). The molecule has 2 fully saturated rings. The van der Waals surface area contributed by atoms with Crippen LogP contribution >= 0.6 is 0 Å². The summed E-state index contributed by atoms with van der Waals surface area (Å²) in [5, 5.41) is 9.17. The Balaban J connectivity index is 1.65. The molecule has 0 saturated carbocycles. The molecule has 7 heteroatoms. The Bertz CT molecular complexity index is 583. The topological polar surface area (TPSA) is 91.1 Å². The van der Waals surface area contributed by atoms with Gasteiger partial charge in [-0.1, -0.05) is 0 Å². The second-order valence-electron chi connectivity index (χ2n) is 5.78. The molecule has 1 aromatic rings. The molecular formula is C15H18N2O5. The summed E-state index contributed by atoms with van der Waals surface area (Å²) in [7, 11) is 0. The van der Waals surface area contributed by atoms with E-state index in [0.717, 1.165) is 0 Å². The fourth-order valence-electron chi connectivity index (χ4n) is 3.20. The van der Waals surface area contributed by atoms with Gasteiger partial charge in [0.25, 0.3) is 0 Å². The summed E-state index contributed by atoms with van der Waals surface area (Å²) in [6.07, 6.45) is 2.86. The lowest BCUT2D eigenvalue weighted by molar-refractivity contribution is -0.149. The predicted octanol–water partition coefficient (Wildman–Crippen LogP) is 0.704. The number of amides is 2. The highest BCUT2D eigenvalue weighted by atomic mass is 16.4. The first-order valence-corrected chi connectivity index (χ1v) is 7.39. The maximum atomic E-state index is 12.5. The van der Waals surface area contributed by atoms with Crippen molar-refractivity contribution < 1.29 is 23.9 Å². The second-order valence-corrected chi connectivity index (χ2v) is 5.78. The number of rotatable bonds is 4. The third-order valence-electron chi connectivity index (χ3n) is 4.31. The van der Waals surface area contributed by atoms with Gasteiger partial charge in [0.1, 0.15) is 11.8 Å². The molecule has 0 aliphatic carbocycles. The molecule has 0 spiro atoms. The summed E-state index contributed by atoms with van der Waals surface area (Å²) in [6.45, 7) is 1.12. The Morgan fingerprint density at radius 2 is 2.23 bits per heavy atom. The van der Waals surface area contributed by atoms with Crippen LogP contribution in [0.3, 0.4) is 0 Å². The number of likely N-dealkylation sites (tertiary alicyclic amines) is 2. The highest BCUT2D eigenvalue weighted by molar-refractivity contribution is 5.91. The molecule has 118 valence electrons. The van der Waals surface area contributed by atoms with Crippen molar-refractivity contribution in [2.45, 2.75) is 31.8 Å². The van der Waals surface area contributed by atoms with Crippen molar-refractivity contribution in [1.29, 1.82) is 0 Å². The van der Waals surface area contributed by atoms with E-state index < -0.39 is 17.9 Å². The molecule has 2 aliphatic heterocycles. The normalized spacial score (nSPS) is 25.0. The lowest BCUT2D eigenvalue weighted by Crippen LogP contribution is -2.44. The average Bonchev–Trinajstić information content (AvgIpc) is 3.20. The van der Waals surface area contributed by atoms with Crippen LogP contribution in [0.1, 0.15) is 25.0 Å². The molecule has 0 aromatic carbocycles. The zero-order valence-corrected chi connectivity index (χ0v) is 12.1. The highest BCUT2D eigenvalue weighted by Gasteiger charge is 2.41. The number of carbonyl (C=O) groups excluding carboxylic acids is 2. The molecule has 1 unspecified atom stereocenters. The number of carboxylic acids is 1. The van der Waals surface area contributed by atoms with E-state index in [1.165, 1.54) is 4.90 Å². The van der Waals surface area contributed by atoms with Crippen molar-refractivity contribution in [3.8, 4) is 0 Å². The SMILES string of the molecule is O=C(O)[C@H]1CCCN1C(=O)C1CC(=O)N(Cc2ccco2)C1. The summed E-state index contributed by atoms with van der Waals surface area (Å²) in [5.41, 5.74) is 0. The van der Waals surface area contributed by atoms with Gasteiger partial charge in [0.15, 0.2) is 0 Å². The summed E-state index contributed by atoms with van der Waals surface area (Å²) in [5.74, 6) is -1.07. The first kappa shape index (κ1) is 14.6. The number of carboxylic acid groups (broad SMARTS) is 1. The molecule has 2 aliphatic rings. The smallest absolute Gasteiger partial charge is 0.326 e. The van der Waals surface area contributed by atoms with Crippen LogP contribution in [0.25, 0.3) is 0 Å². The van der Waals surface area contributed by atoms with E-state index in [2.05, 4.69) is 0 Å². The van der Waals surface area contributed by atoms with Gasteiger partial charge in [0.05, 0.1) is 18.7 Å². The minimum atomic E-state index is -0.970. The molecule has 2 amide bonds. The quantitative estimate of drug-likeness (QED) is 0.884. The van der Waals surface area contributed by atoms with Crippen LogP contribution in [-0.2, 0) is 20.9 Å². The first-order valence-electron chi connectivity index (χ1n) is 7.39. The van der Waals surface area contributed by atoms with Crippen molar-refractivity contribution in [3.63, 3.8) is 0 Å². The van der Waals surface area contributed by atoms with Gasteiger partial charge in [0, 0.05) is 19.5 Å². The number of hydrogen-bond donors (Lipinski definition) is 1. The van der Waals surface area contributed by atoms with Crippen LogP contribution in [0.15, 0.2) is 22.8 Å². The largest absolute Gasteiger partial charge is 0.480 e. The summed E-state index contributed by atoms with van der Waals surface area (Å²) in [6, 6.07) is 2.78. The molecule has 1 aromatic heterocycles. The molecule has 1 N–H and O–H groups in total. The van der Waals surface area contributed by atoms with E-state index >= 15 is 0 Å². The van der Waals surface area contributed by atoms with Gasteiger partial charge in [-0.05, 0) is 25.0 Å². The minimum Gasteiger partial charge on any atom is -0.480 e. The number of aliphatic carboxylic acids is 1. The van der Waals surface area contributed by atoms with Crippen LogP contribution in [0, 0.1) is 5.92 Å². The van der Waals surface area contributed by atoms with Crippen molar-refractivity contribution in [2.75, 3.05) is 13.1 Å². The van der Waals surface area contributed by atoms with Gasteiger partial charge in [-0.15, -0.1) is 0 Å². The van der Waals surface area contributed by atoms with Gasteiger partial charge >= 0.3 is 5.97 Å². The van der Waals surface area contributed by atoms with Crippen LogP contribution in [0.5, 0.6) is 0 Å². The van der Waals surface area contributed by atoms with E-state index in [0.29, 0.717) is 38.2 Å². The Labute approximate surface area is 127 Å². The van der Waals surface area contributed by atoms with Gasteiger partial charge in [-0.3, -0.25) is 9.59 Å². The van der Waals surface area contributed by atoms with Crippen LogP contribution in [-0.4, -0.2) is 51.8 Å². The third-order valence-corrected chi connectivity index (χ3v) is 4.31. The second kappa shape index (κ2) is 5.82. The predicted molar refractivity (Wildman–Crippen MR) is 74.6 cm³/mol. The molecule has 2 saturated heterocycles. The van der Waals surface area contributed by atoms with Crippen LogP contribution in [0.2, 0.25) is 0 Å². The maximum Gasteiger partial charge on any atom is 0.326 e. The van der Waals surface area contributed by atoms with E-state index in [9.17, 15) is 14.4 Å². The monoisotopic (exact) mass is 306 g/mol. The number of hydrogen-bond acceptors (Lipinski definition) is 4. The zero-order valence-electron chi connectivity index (χ0n) is 12.1. The Morgan fingerprint density at radius 1 is 1.41 bits per heavy atom. The minimum absolute atomic E-state index is 0.0965. The standard InChI is InChI=1S/C15H18N2O5/c18-13-7-10(8-16(13)9-11-3-2-6-22-11)14(19)17-5-1-4-12(17)15(20)21/h2-3,6,10,12H,1,4-5,7-9H2,(H,20,21)/t10?,12-/m1/s1. The fourth-order valence-corrected chi connectivity index (χ4v) is 3.20. The molecule has 2 atom stereocenters. The van der Waals surface area contributed by atoms with E-state index in [1.807, 2.05) is 0 Å². The fraction of sp³-hybridized carbons (Fsp3) is 0.533. The molecule has 3 heterocycles. The van der Waals surface area contributed by atoms with E-state index in [1.54, 1.807) is 23.3 Å². The Hall–Kier alpha value is -2.31. The molecule has 0 bridgehead atoms. The summed E-state index contributed by atoms with van der Waals surface area (Å²) in [4.78, 5) is 38.8. The van der Waals surface area contributed by atoms with Gasteiger partial charge < -0.3 is 19.3 Å². The zero-order chi connectivity index (χ0) is 15.7. The van der Waals surface area contributed by atoms with Crippen molar-refractivity contribution in [3.05, 3.63) is 24.2 Å². The molecule has 0 radical (unpaired) electrons. The van der Waals surface area contributed by atoms with Crippen molar-refractivity contribution in [2.24, 2.45) is 5.92 Å². The number of carbonyl (C=O) groups is 3. The molecule has 22 heavy (non-hydrogen) atoms. The highest BCUT2D eigenvalue weighted by Crippen LogP contribution is 2.26. The molecule has 7 nitrogen and oxygen atoms in total.